The maximum absolute atomic E-state index is 8.66. The lowest BCUT2D eigenvalue weighted by atomic mass is 9.98. The quantitative estimate of drug-likeness (QED) is 0.602. The van der Waals surface area contributed by atoms with Crippen molar-refractivity contribution in [3.8, 4) is 0 Å². The Kier molecular flexibility index (Phi) is 9.00. The molecular weight excluding hydrogens is 184 g/mol. The fourth-order valence-electron chi connectivity index (χ4n) is 1.54. The molecule has 0 heterocycles. The standard InChI is InChI=1S/C11H23ClO/c1-3-4-7-11(12)9-10(2)6-5-8-13/h10-11,13H,3-9H2,1-2H3/t10-,11?/m1/s1. The molecule has 2 heteroatoms. The highest BCUT2D eigenvalue weighted by atomic mass is 35.5. The summed E-state index contributed by atoms with van der Waals surface area (Å²) in [5.41, 5.74) is 0. The van der Waals surface area contributed by atoms with Crippen LogP contribution in [0.15, 0.2) is 0 Å². The zero-order valence-electron chi connectivity index (χ0n) is 8.93. The van der Waals surface area contributed by atoms with Crippen molar-refractivity contribution in [3.63, 3.8) is 0 Å². The molecule has 2 atom stereocenters. The van der Waals surface area contributed by atoms with Gasteiger partial charge in [-0.05, 0) is 31.6 Å². The van der Waals surface area contributed by atoms with E-state index in [2.05, 4.69) is 13.8 Å². The lowest BCUT2D eigenvalue weighted by Crippen LogP contribution is -2.06. The van der Waals surface area contributed by atoms with Gasteiger partial charge in [-0.25, -0.2) is 0 Å². The average Bonchev–Trinajstić information content (AvgIpc) is 2.11. The van der Waals surface area contributed by atoms with Crippen LogP contribution in [0.2, 0.25) is 0 Å². The van der Waals surface area contributed by atoms with Gasteiger partial charge in [0.25, 0.3) is 0 Å². The minimum atomic E-state index is 0.312. The van der Waals surface area contributed by atoms with E-state index in [1.807, 2.05) is 0 Å². The van der Waals surface area contributed by atoms with Gasteiger partial charge in [-0.3, -0.25) is 0 Å². The zero-order chi connectivity index (χ0) is 10.1. The lowest BCUT2D eigenvalue weighted by molar-refractivity contribution is 0.271. The number of unbranched alkanes of at least 4 members (excludes halogenated alkanes) is 1. The summed E-state index contributed by atoms with van der Waals surface area (Å²) in [5, 5.41) is 9.00. The van der Waals surface area contributed by atoms with Crippen molar-refractivity contribution in [2.24, 2.45) is 5.92 Å². The van der Waals surface area contributed by atoms with Crippen molar-refractivity contribution in [2.75, 3.05) is 6.61 Å². The van der Waals surface area contributed by atoms with Crippen LogP contribution in [-0.2, 0) is 0 Å². The molecule has 13 heavy (non-hydrogen) atoms. The minimum absolute atomic E-state index is 0.312. The van der Waals surface area contributed by atoms with Crippen molar-refractivity contribution in [2.45, 2.75) is 57.7 Å². The molecular formula is C11H23ClO. The molecule has 80 valence electrons. The molecule has 1 N–H and O–H groups in total. The van der Waals surface area contributed by atoms with Gasteiger partial charge in [0, 0.05) is 12.0 Å². The van der Waals surface area contributed by atoms with E-state index in [4.69, 9.17) is 16.7 Å². The Labute approximate surface area is 87.5 Å². The van der Waals surface area contributed by atoms with Crippen LogP contribution < -0.4 is 0 Å². The average molecular weight is 207 g/mol. The lowest BCUT2D eigenvalue weighted by Gasteiger charge is -2.14. The van der Waals surface area contributed by atoms with E-state index >= 15 is 0 Å². The van der Waals surface area contributed by atoms with Crippen LogP contribution in [0, 0.1) is 5.92 Å². The van der Waals surface area contributed by atoms with Crippen molar-refractivity contribution < 1.29 is 5.11 Å². The van der Waals surface area contributed by atoms with Gasteiger partial charge in [0.1, 0.15) is 0 Å². The predicted molar refractivity (Wildman–Crippen MR) is 59.3 cm³/mol. The first-order chi connectivity index (χ1) is 6.20. The van der Waals surface area contributed by atoms with Gasteiger partial charge in [0.05, 0.1) is 0 Å². The highest BCUT2D eigenvalue weighted by Gasteiger charge is 2.09. The third-order valence-corrected chi connectivity index (χ3v) is 2.78. The number of hydrogen-bond donors (Lipinski definition) is 1. The predicted octanol–water partition coefficient (Wildman–Crippen LogP) is 3.58. The molecule has 0 aliphatic heterocycles. The number of hydrogen-bond acceptors (Lipinski definition) is 1. The van der Waals surface area contributed by atoms with Gasteiger partial charge >= 0.3 is 0 Å². The Hall–Kier alpha value is 0.250. The summed E-state index contributed by atoms with van der Waals surface area (Å²) >= 11 is 6.17. The molecule has 0 aromatic carbocycles. The number of aliphatic hydroxyl groups excluding tert-OH is 1. The topological polar surface area (TPSA) is 20.2 Å². The second-order valence-electron chi connectivity index (χ2n) is 3.95. The first-order valence-electron chi connectivity index (χ1n) is 5.45. The van der Waals surface area contributed by atoms with Crippen molar-refractivity contribution in [1.29, 1.82) is 0 Å². The van der Waals surface area contributed by atoms with Gasteiger partial charge in [-0.1, -0.05) is 26.7 Å². The molecule has 0 rings (SSSR count). The van der Waals surface area contributed by atoms with E-state index in [0.29, 0.717) is 17.9 Å². The van der Waals surface area contributed by atoms with Crippen LogP contribution in [0.4, 0.5) is 0 Å². The second kappa shape index (κ2) is 8.83. The van der Waals surface area contributed by atoms with Gasteiger partial charge in [0.2, 0.25) is 0 Å². The fourth-order valence-corrected chi connectivity index (χ4v) is 2.00. The highest BCUT2D eigenvalue weighted by Crippen LogP contribution is 2.20. The summed E-state index contributed by atoms with van der Waals surface area (Å²) in [7, 11) is 0. The number of aliphatic hydroxyl groups is 1. The maximum Gasteiger partial charge on any atom is 0.0431 e. The first-order valence-corrected chi connectivity index (χ1v) is 5.89. The molecule has 0 fully saturated rings. The molecule has 0 aliphatic carbocycles. The summed E-state index contributed by atoms with van der Waals surface area (Å²) < 4.78 is 0. The van der Waals surface area contributed by atoms with Crippen LogP contribution in [0.5, 0.6) is 0 Å². The van der Waals surface area contributed by atoms with Gasteiger partial charge in [0.15, 0.2) is 0 Å². The zero-order valence-corrected chi connectivity index (χ0v) is 9.69. The van der Waals surface area contributed by atoms with Gasteiger partial charge < -0.3 is 5.11 Å². The Morgan fingerprint density at radius 2 is 1.92 bits per heavy atom. The molecule has 0 aromatic rings. The van der Waals surface area contributed by atoms with Crippen molar-refractivity contribution in [3.05, 3.63) is 0 Å². The molecule has 0 saturated carbocycles. The van der Waals surface area contributed by atoms with Crippen LogP contribution in [0.25, 0.3) is 0 Å². The molecule has 0 saturated heterocycles. The molecule has 0 bridgehead atoms. The van der Waals surface area contributed by atoms with E-state index in [1.165, 1.54) is 12.8 Å². The Morgan fingerprint density at radius 1 is 1.23 bits per heavy atom. The van der Waals surface area contributed by atoms with Gasteiger partial charge in [-0.15, -0.1) is 11.6 Å². The first kappa shape index (κ1) is 13.2. The summed E-state index contributed by atoms with van der Waals surface area (Å²) in [6.07, 6.45) is 6.72. The molecule has 0 radical (unpaired) electrons. The summed E-state index contributed by atoms with van der Waals surface area (Å²) in [6, 6.07) is 0. The SMILES string of the molecule is CCCCC(Cl)C[C@H](C)CCCO. The third kappa shape index (κ3) is 8.58. The van der Waals surface area contributed by atoms with Crippen molar-refractivity contribution >= 4 is 11.6 Å². The monoisotopic (exact) mass is 206 g/mol. The molecule has 1 unspecified atom stereocenters. The van der Waals surface area contributed by atoms with E-state index < -0.39 is 0 Å². The number of alkyl halides is 1. The summed E-state index contributed by atoms with van der Waals surface area (Å²) in [4.78, 5) is 0. The molecule has 0 amide bonds. The summed E-state index contributed by atoms with van der Waals surface area (Å²) in [5.74, 6) is 0.659. The van der Waals surface area contributed by atoms with Crippen LogP contribution in [-0.4, -0.2) is 17.1 Å². The minimum Gasteiger partial charge on any atom is -0.396 e. The number of rotatable bonds is 8. The molecule has 0 aromatic heterocycles. The van der Waals surface area contributed by atoms with Crippen LogP contribution >= 0.6 is 11.6 Å². The molecule has 0 spiro atoms. The van der Waals surface area contributed by atoms with E-state index in [0.717, 1.165) is 25.7 Å². The van der Waals surface area contributed by atoms with E-state index in [1.54, 1.807) is 0 Å². The normalized spacial score (nSPS) is 15.7. The van der Waals surface area contributed by atoms with E-state index in [-0.39, 0.29) is 0 Å². The molecule has 1 nitrogen and oxygen atoms in total. The third-order valence-electron chi connectivity index (χ3n) is 2.38. The van der Waals surface area contributed by atoms with Gasteiger partial charge in [-0.2, -0.15) is 0 Å². The fraction of sp³-hybridized carbons (Fsp3) is 1.00. The highest BCUT2D eigenvalue weighted by molar-refractivity contribution is 6.20. The smallest absolute Gasteiger partial charge is 0.0431 e. The Morgan fingerprint density at radius 3 is 2.46 bits per heavy atom. The molecule has 0 aliphatic rings. The van der Waals surface area contributed by atoms with E-state index in [9.17, 15) is 0 Å². The number of halogens is 1. The largest absolute Gasteiger partial charge is 0.396 e. The summed E-state index contributed by atoms with van der Waals surface area (Å²) in [6.45, 7) is 4.72. The van der Waals surface area contributed by atoms with Crippen LogP contribution in [0.3, 0.4) is 0 Å². The van der Waals surface area contributed by atoms with Crippen molar-refractivity contribution in [1.82, 2.24) is 0 Å². The Bertz CT molecular complexity index is 94.3. The Balaban J connectivity index is 3.35. The maximum atomic E-state index is 8.66. The second-order valence-corrected chi connectivity index (χ2v) is 4.56. The van der Waals surface area contributed by atoms with Crippen LogP contribution in [0.1, 0.15) is 52.4 Å².